The van der Waals surface area contributed by atoms with E-state index in [4.69, 9.17) is 5.26 Å². The number of anilines is 2. The standard InChI is InChI=1S/C14H14N6O/c1-19-9-11(8-17-19)20-5-3-12(14(20)21)18-13-6-10(7-15)2-4-16-13/h2,4,6,8-9,12H,3,5H2,1H3,(H,16,18)/t12-/m0/s1. The molecule has 1 fully saturated rings. The van der Waals surface area contributed by atoms with Crippen LogP contribution in [0, 0.1) is 11.3 Å². The van der Waals surface area contributed by atoms with Gasteiger partial charge in [0.25, 0.3) is 0 Å². The molecule has 106 valence electrons. The second-order valence-corrected chi connectivity index (χ2v) is 4.89. The van der Waals surface area contributed by atoms with Crippen LogP contribution in [0.3, 0.4) is 0 Å². The number of hydrogen-bond acceptors (Lipinski definition) is 5. The second-order valence-electron chi connectivity index (χ2n) is 4.89. The van der Waals surface area contributed by atoms with E-state index >= 15 is 0 Å². The van der Waals surface area contributed by atoms with Crippen LogP contribution in [-0.2, 0) is 11.8 Å². The first-order chi connectivity index (χ1) is 10.2. The molecule has 2 aromatic rings. The van der Waals surface area contributed by atoms with Crippen molar-refractivity contribution in [3.05, 3.63) is 36.3 Å². The number of aryl methyl sites for hydroxylation is 1. The van der Waals surface area contributed by atoms with E-state index < -0.39 is 0 Å². The van der Waals surface area contributed by atoms with Crippen LogP contribution >= 0.6 is 0 Å². The fourth-order valence-electron chi connectivity index (χ4n) is 2.38. The second kappa shape index (κ2) is 5.25. The SMILES string of the molecule is Cn1cc(N2CC[C@H](Nc3cc(C#N)ccn3)C2=O)cn1. The maximum atomic E-state index is 12.4. The van der Waals surface area contributed by atoms with E-state index in [-0.39, 0.29) is 11.9 Å². The number of amides is 1. The van der Waals surface area contributed by atoms with Crippen LogP contribution in [0.4, 0.5) is 11.5 Å². The molecule has 21 heavy (non-hydrogen) atoms. The highest BCUT2D eigenvalue weighted by molar-refractivity contribution is 6.00. The normalized spacial score (nSPS) is 17.8. The summed E-state index contributed by atoms with van der Waals surface area (Å²) in [7, 11) is 1.82. The minimum absolute atomic E-state index is 0.00726. The van der Waals surface area contributed by atoms with Gasteiger partial charge in [0.05, 0.1) is 23.5 Å². The van der Waals surface area contributed by atoms with Gasteiger partial charge in [0, 0.05) is 26.0 Å². The van der Waals surface area contributed by atoms with E-state index in [1.807, 2.05) is 13.2 Å². The zero-order valence-corrected chi connectivity index (χ0v) is 11.5. The fourth-order valence-corrected chi connectivity index (χ4v) is 2.38. The smallest absolute Gasteiger partial charge is 0.249 e. The lowest BCUT2D eigenvalue weighted by molar-refractivity contribution is -0.117. The van der Waals surface area contributed by atoms with Gasteiger partial charge < -0.3 is 10.2 Å². The average molecular weight is 282 g/mol. The van der Waals surface area contributed by atoms with Crippen LogP contribution in [0.5, 0.6) is 0 Å². The zero-order valence-electron chi connectivity index (χ0n) is 11.5. The molecule has 7 nitrogen and oxygen atoms in total. The first-order valence-corrected chi connectivity index (χ1v) is 6.60. The Labute approximate surface area is 121 Å². The summed E-state index contributed by atoms with van der Waals surface area (Å²) in [5.41, 5.74) is 1.31. The number of carbonyl (C=O) groups excluding carboxylic acids is 1. The molecule has 7 heteroatoms. The van der Waals surface area contributed by atoms with Gasteiger partial charge in [-0.15, -0.1) is 0 Å². The first-order valence-electron chi connectivity index (χ1n) is 6.60. The Kier molecular flexibility index (Phi) is 3.28. The molecule has 3 rings (SSSR count). The molecule has 1 N–H and O–H groups in total. The molecule has 1 amide bonds. The monoisotopic (exact) mass is 282 g/mol. The van der Waals surface area contributed by atoms with E-state index in [1.165, 1.54) is 0 Å². The van der Waals surface area contributed by atoms with Gasteiger partial charge in [-0.25, -0.2) is 4.98 Å². The molecule has 3 heterocycles. The van der Waals surface area contributed by atoms with Gasteiger partial charge in [-0.1, -0.05) is 0 Å². The highest BCUT2D eigenvalue weighted by Crippen LogP contribution is 2.22. The van der Waals surface area contributed by atoms with Crippen LogP contribution in [0.15, 0.2) is 30.7 Å². The highest BCUT2D eigenvalue weighted by atomic mass is 16.2. The fraction of sp³-hybridized carbons (Fsp3) is 0.286. The third-order valence-electron chi connectivity index (χ3n) is 3.42. The summed E-state index contributed by atoms with van der Waals surface area (Å²) in [6, 6.07) is 4.99. The van der Waals surface area contributed by atoms with Gasteiger partial charge in [-0.3, -0.25) is 9.48 Å². The maximum absolute atomic E-state index is 12.4. The Balaban J connectivity index is 1.73. The Morgan fingerprint density at radius 2 is 2.38 bits per heavy atom. The van der Waals surface area contributed by atoms with Crippen molar-refractivity contribution in [1.29, 1.82) is 5.26 Å². The summed E-state index contributed by atoms with van der Waals surface area (Å²) in [5.74, 6) is 0.535. The summed E-state index contributed by atoms with van der Waals surface area (Å²) in [4.78, 5) is 18.3. The Hall–Kier alpha value is -2.88. The lowest BCUT2D eigenvalue weighted by Gasteiger charge is -2.15. The minimum atomic E-state index is -0.327. The molecule has 0 radical (unpaired) electrons. The molecule has 0 bridgehead atoms. The third kappa shape index (κ3) is 2.56. The van der Waals surface area contributed by atoms with E-state index in [9.17, 15) is 4.79 Å². The van der Waals surface area contributed by atoms with Gasteiger partial charge >= 0.3 is 0 Å². The molecular formula is C14H14N6O. The predicted molar refractivity (Wildman–Crippen MR) is 76.5 cm³/mol. The predicted octanol–water partition coefficient (Wildman–Crippen LogP) is 0.904. The number of nitriles is 1. The molecule has 0 spiro atoms. The van der Waals surface area contributed by atoms with Crippen molar-refractivity contribution < 1.29 is 4.79 Å². The molecule has 1 aliphatic heterocycles. The molecule has 0 aliphatic carbocycles. The van der Waals surface area contributed by atoms with Crippen molar-refractivity contribution in [2.24, 2.45) is 7.05 Å². The van der Waals surface area contributed by atoms with Crippen molar-refractivity contribution >= 4 is 17.4 Å². The largest absolute Gasteiger partial charge is 0.358 e. The molecule has 0 saturated carbocycles. The van der Waals surface area contributed by atoms with E-state index in [0.717, 1.165) is 5.69 Å². The van der Waals surface area contributed by atoms with Gasteiger partial charge in [-0.2, -0.15) is 10.4 Å². The summed E-state index contributed by atoms with van der Waals surface area (Å²) in [6.45, 7) is 0.639. The highest BCUT2D eigenvalue weighted by Gasteiger charge is 2.33. The van der Waals surface area contributed by atoms with E-state index in [1.54, 1.807) is 34.1 Å². The van der Waals surface area contributed by atoms with Crippen molar-refractivity contribution in [3.8, 4) is 6.07 Å². The quantitative estimate of drug-likeness (QED) is 0.904. The van der Waals surface area contributed by atoms with Crippen LogP contribution in [0.25, 0.3) is 0 Å². The molecule has 2 aromatic heterocycles. The lowest BCUT2D eigenvalue weighted by Crippen LogP contribution is -2.33. The number of pyridine rings is 1. The molecule has 0 unspecified atom stereocenters. The Morgan fingerprint density at radius 3 is 3.10 bits per heavy atom. The van der Waals surface area contributed by atoms with Gasteiger partial charge in [0.2, 0.25) is 5.91 Å². The minimum Gasteiger partial charge on any atom is -0.358 e. The number of hydrogen-bond donors (Lipinski definition) is 1. The van der Waals surface area contributed by atoms with E-state index in [2.05, 4.69) is 21.5 Å². The van der Waals surface area contributed by atoms with Gasteiger partial charge in [-0.05, 0) is 18.6 Å². The van der Waals surface area contributed by atoms with Crippen molar-refractivity contribution in [2.45, 2.75) is 12.5 Å². The number of carbonyl (C=O) groups is 1. The van der Waals surface area contributed by atoms with Crippen LogP contribution in [0.1, 0.15) is 12.0 Å². The van der Waals surface area contributed by atoms with Crippen molar-refractivity contribution in [2.75, 3.05) is 16.8 Å². The number of nitrogens with one attached hydrogen (secondary N) is 1. The maximum Gasteiger partial charge on any atom is 0.249 e. The number of nitrogens with zero attached hydrogens (tertiary/aromatic N) is 5. The number of aromatic nitrogens is 3. The topological polar surface area (TPSA) is 86.8 Å². The van der Waals surface area contributed by atoms with Crippen LogP contribution in [-0.4, -0.2) is 33.3 Å². The average Bonchev–Trinajstić information content (AvgIpc) is 3.06. The lowest BCUT2D eigenvalue weighted by atomic mass is 10.2. The summed E-state index contributed by atoms with van der Waals surface area (Å²) in [5, 5.41) is 16.1. The first kappa shape index (κ1) is 13.1. The molecule has 1 saturated heterocycles. The summed E-state index contributed by atoms with van der Waals surface area (Å²) in [6.07, 6.45) is 5.73. The van der Waals surface area contributed by atoms with Crippen molar-refractivity contribution in [1.82, 2.24) is 14.8 Å². The van der Waals surface area contributed by atoms with Gasteiger partial charge in [0.15, 0.2) is 0 Å². The Morgan fingerprint density at radius 1 is 1.52 bits per heavy atom. The van der Waals surface area contributed by atoms with E-state index in [0.29, 0.717) is 24.3 Å². The zero-order chi connectivity index (χ0) is 14.8. The Bertz CT molecular complexity index is 716. The number of rotatable bonds is 3. The van der Waals surface area contributed by atoms with Crippen LogP contribution < -0.4 is 10.2 Å². The third-order valence-corrected chi connectivity index (χ3v) is 3.42. The molecule has 1 atom stereocenters. The molecular weight excluding hydrogens is 268 g/mol. The molecule has 1 aliphatic rings. The molecule has 0 aromatic carbocycles. The van der Waals surface area contributed by atoms with Gasteiger partial charge in [0.1, 0.15) is 11.9 Å². The van der Waals surface area contributed by atoms with Crippen molar-refractivity contribution in [3.63, 3.8) is 0 Å². The van der Waals surface area contributed by atoms with Crippen LogP contribution in [0.2, 0.25) is 0 Å². The summed E-state index contributed by atoms with van der Waals surface area (Å²) < 4.78 is 1.67. The summed E-state index contributed by atoms with van der Waals surface area (Å²) >= 11 is 0.